The van der Waals surface area contributed by atoms with Crippen LogP contribution in [0.1, 0.15) is 51.2 Å². The van der Waals surface area contributed by atoms with Crippen molar-refractivity contribution >= 4 is 17.6 Å². The summed E-state index contributed by atoms with van der Waals surface area (Å²) in [5.74, 6) is -0.807. The van der Waals surface area contributed by atoms with Crippen molar-refractivity contribution in [2.75, 3.05) is 12.3 Å². The number of nitrogens with two attached hydrogens (primary N) is 1. The van der Waals surface area contributed by atoms with Crippen LogP contribution in [0.25, 0.3) is 0 Å². The molecule has 0 spiro atoms. The number of rotatable bonds is 9. The SMILES string of the molecule is CCCCCc1ccc(CC(COC(C)=O)OC(C)=O)c(N)c1. The molecule has 0 heterocycles. The van der Waals surface area contributed by atoms with Crippen molar-refractivity contribution < 1.29 is 19.1 Å². The molecule has 1 rings (SSSR count). The number of benzene rings is 1. The number of unbranched alkanes of at least 4 members (excludes halogenated alkanes) is 2. The molecule has 2 N–H and O–H groups in total. The molecule has 128 valence electrons. The predicted octanol–water partition coefficient (Wildman–Crippen LogP) is 3.04. The summed E-state index contributed by atoms with van der Waals surface area (Å²) >= 11 is 0. The number of esters is 2. The van der Waals surface area contributed by atoms with Gasteiger partial charge >= 0.3 is 11.9 Å². The molecule has 0 aliphatic heterocycles. The van der Waals surface area contributed by atoms with Crippen LogP contribution < -0.4 is 5.73 Å². The minimum absolute atomic E-state index is 0.0343. The molecule has 1 atom stereocenters. The van der Waals surface area contributed by atoms with Crippen LogP contribution in [0.2, 0.25) is 0 Å². The summed E-state index contributed by atoms with van der Waals surface area (Å²) in [6.45, 7) is 4.87. The fourth-order valence-corrected chi connectivity index (χ4v) is 2.39. The smallest absolute Gasteiger partial charge is 0.303 e. The van der Waals surface area contributed by atoms with Gasteiger partial charge < -0.3 is 15.2 Å². The Morgan fingerprint density at radius 2 is 1.91 bits per heavy atom. The van der Waals surface area contributed by atoms with E-state index in [0.29, 0.717) is 12.1 Å². The Hall–Kier alpha value is -2.04. The molecule has 0 fully saturated rings. The van der Waals surface area contributed by atoms with Crippen LogP contribution in [0.3, 0.4) is 0 Å². The summed E-state index contributed by atoms with van der Waals surface area (Å²) in [6.07, 6.45) is 4.46. The van der Waals surface area contributed by atoms with E-state index in [1.165, 1.54) is 32.3 Å². The molecule has 1 aromatic carbocycles. The van der Waals surface area contributed by atoms with Crippen molar-refractivity contribution in [2.24, 2.45) is 0 Å². The minimum Gasteiger partial charge on any atom is -0.462 e. The number of ether oxygens (including phenoxy) is 2. The second-order valence-corrected chi connectivity index (χ2v) is 5.73. The Bertz CT molecular complexity index is 528. The van der Waals surface area contributed by atoms with E-state index in [1.54, 1.807) is 0 Å². The van der Waals surface area contributed by atoms with Crippen molar-refractivity contribution in [3.8, 4) is 0 Å². The van der Waals surface area contributed by atoms with Gasteiger partial charge in [-0.1, -0.05) is 31.9 Å². The number of carbonyl (C=O) groups excluding carboxylic acids is 2. The van der Waals surface area contributed by atoms with Crippen LogP contribution in [-0.2, 0) is 31.9 Å². The molecule has 5 nitrogen and oxygen atoms in total. The Morgan fingerprint density at radius 3 is 2.48 bits per heavy atom. The zero-order chi connectivity index (χ0) is 17.2. The van der Waals surface area contributed by atoms with Gasteiger partial charge in [-0.2, -0.15) is 0 Å². The molecular formula is C18H27NO4. The van der Waals surface area contributed by atoms with Crippen LogP contribution >= 0.6 is 0 Å². The first-order chi connectivity index (χ1) is 10.9. The molecule has 0 aliphatic carbocycles. The standard InChI is InChI=1S/C18H27NO4/c1-4-5-6-7-15-8-9-16(18(19)10-15)11-17(23-14(3)21)12-22-13(2)20/h8-10,17H,4-7,11-12,19H2,1-3H3. The fraction of sp³-hybridized carbons (Fsp3) is 0.556. The highest BCUT2D eigenvalue weighted by atomic mass is 16.6. The largest absolute Gasteiger partial charge is 0.462 e. The van der Waals surface area contributed by atoms with Crippen LogP contribution in [0.4, 0.5) is 5.69 Å². The molecule has 0 bridgehead atoms. The third kappa shape index (κ3) is 7.68. The van der Waals surface area contributed by atoms with E-state index in [1.807, 2.05) is 12.1 Å². The average Bonchev–Trinajstić information content (AvgIpc) is 2.47. The van der Waals surface area contributed by atoms with Gasteiger partial charge in [-0.3, -0.25) is 9.59 Å². The van der Waals surface area contributed by atoms with E-state index in [4.69, 9.17) is 15.2 Å². The van der Waals surface area contributed by atoms with Gasteiger partial charge in [0, 0.05) is 26.0 Å². The number of aryl methyl sites for hydroxylation is 1. The number of nitrogen functional groups attached to an aromatic ring is 1. The number of carbonyl (C=O) groups is 2. The van der Waals surface area contributed by atoms with Gasteiger partial charge in [-0.15, -0.1) is 0 Å². The maximum atomic E-state index is 11.2. The van der Waals surface area contributed by atoms with Gasteiger partial charge in [-0.25, -0.2) is 0 Å². The van der Waals surface area contributed by atoms with E-state index in [-0.39, 0.29) is 6.61 Å². The molecule has 0 aliphatic rings. The van der Waals surface area contributed by atoms with Gasteiger partial charge in [-0.05, 0) is 30.0 Å². The maximum absolute atomic E-state index is 11.2. The molecule has 5 heteroatoms. The molecule has 0 amide bonds. The third-order valence-corrected chi connectivity index (χ3v) is 3.53. The maximum Gasteiger partial charge on any atom is 0.303 e. The number of hydrogen-bond acceptors (Lipinski definition) is 5. The lowest BCUT2D eigenvalue weighted by Crippen LogP contribution is -2.26. The summed E-state index contributed by atoms with van der Waals surface area (Å²) in [7, 11) is 0. The summed E-state index contributed by atoms with van der Waals surface area (Å²) in [5.41, 5.74) is 8.90. The lowest BCUT2D eigenvalue weighted by atomic mass is 10.0. The number of hydrogen-bond donors (Lipinski definition) is 1. The quantitative estimate of drug-likeness (QED) is 0.430. The second kappa shape index (κ2) is 9.87. The van der Waals surface area contributed by atoms with Gasteiger partial charge in [0.2, 0.25) is 0 Å². The molecular weight excluding hydrogens is 294 g/mol. The normalized spacial score (nSPS) is 11.8. The third-order valence-electron chi connectivity index (χ3n) is 3.53. The Morgan fingerprint density at radius 1 is 1.17 bits per heavy atom. The lowest BCUT2D eigenvalue weighted by Gasteiger charge is -2.18. The summed E-state index contributed by atoms with van der Waals surface area (Å²) in [4.78, 5) is 22.1. The topological polar surface area (TPSA) is 78.6 Å². The van der Waals surface area contributed by atoms with Gasteiger partial charge in [0.05, 0.1) is 0 Å². The highest BCUT2D eigenvalue weighted by Gasteiger charge is 2.16. The highest BCUT2D eigenvalue weighted by molar-refractivity contribution is 5.67. The molecule has 1 unspecified atom stereocenters. The van der Waals surface area contributed by atoms with Crippen LogP contribution in [0.5, 0.6) is 0 Å². The van der Waals surface area contributed by atoms with Crippen molar-refractivity contribution in [3.05, 3.63) is 29.3 Å². The van der Waals surface area contributed by atoms with Crippen LogP contribution in [0, 0.1) is 0 Å². The zero-order valence-corrected chi connectivity index (χ0v) is 14.3. The second-order valence-electron chi connectivity index (χ2n) is 5.73. The van der Waals surface area contributed by atoms with Crippen molar-refractivity contribution in [1.82, 2.24) is 0 Å². The highest BCUT2D eigenvalue weighted by Crippen LogP contribution is 2.19. The first-order valence-electron chi connectivity index (χ1n) is 8.10. The molecule has 0 radical (unpaired) electrons. The monoisotopic (exact) mass is 321 g/mol. The van der Waals surface area contributed by atoms with Crippen molar-refractivity contribution in [2.45, 2.75) is 59.0 Å². The molecule has 1 aromatic rings. The molecule has 0 aromatic heterocycles. The lowest BCUT2D eigenvalue weighted by molar-refractivity contribution is -0.156. The summed E-state index contributed by atoms with van der Waals surface area (Å²) < 4.78 is 10.1. The molecule has 0 saturated carbocycles. The van der Waals surface area contributed by atoms with E-state index in [0.717, 1.165) is 18.4 Å². The van der Waals surface area contributed by atoms with E-state index >= 15 is 0 Å². The van der Waals surface area contributed by atoms with Gasteiger partial charge in [0.1, 0.15) is 12.7 Å². The number of anilines is 1. The van der Waals surface area contributed by atoms with Crippen LogP contribution in [0.15, 0.2) is 18.2 Å². The van der Waals surface area contributed by atoms with Crippen LogP contribution in [-0.4, -0.2) is 24.6 Å². The summed E-state index contributed by atoms with van der Waals surface area (Å²) in [5, 5.41) is 0. The molecule has 0 saturated heterocycles. The first-order valence-corrected chi connectivity index (χ1v) is 8.10. The van der Waals surface area contributed by atoms with Crippen molar-refractivity contribution in [1.29, 1.82) is 0 Å². The Kier molecular flexibility index (Phi) is 8.16. The summed E-state index contributed by atoms with van der Waals surface area (Å²) in [6, 6.07) is 5.99. The average molecular weight is 321 g/mol. The Balaban J connectivity index is 2.70. The van der Waals surface area contributed by atoms with Gasteiger partial charge in [0.25, 0.3) is 0 Å². The minimum atomic E-state index is -0.523. The van der Waals surface area contributed by atoms with E-state index < -0.39 is 18.0 Å². The van der Waals surface area contributed by atoms with E-state index in [2.05, 4.69) is 13.0 Å². The zero-order valence-electron chi connectivity index (χ0n) is 14.3. The van der Waals surface area contributed by atoms with Gasteiger partial charge in [0.15, 0.2) is 0 Å². The van der Waals surface area contributed by atoms with Crippen molar-refractivity contribution in [3.63, 3.8) is 0 Å². The molecule has 23 heavy (non-hydrogen) atoms. The predicted molar refractivity (Wildman–Crippen MR) is 90.0 cm³/mol. The fourth-order valence-electron chi connectivity index (χ4n) is 2.39. The van der Waals surface area contributed by atoms with E-state index in [9.17, 15) is 9.59 Å². The Labute approximate surface area is 138 Å². The first kappa shape index (κ1) is 19.0.